The van der Waals surface area contributed by atoms with Gasteiger partial charge in [-0.15, -0.1) is 0 Å². The van der Waals surface area contributed by atoms with Gasteiger partial charge in [-0.25, -0.2) is 0 Å². The normalized spacial score (nSPS) is 9.61. The number of esters is 1. The van der Waals surface area contributed by atoms with Crippen LogP contribution in [0.1, 0.15) is 23.2 Å². The summed E-state index contributed by atoms with van der Waals surface area (Å²) >= 11 is 0. The zero-order valence-corrected chi connectivity index (χ0v) is 9.93. The summed E-state index contributed by atoms with van der Waals surface area (Å²) in [6.07, 6.45) is 0.0753. The molecule has 0 radical (unpaired) electrons. The first-order valence-electron chi connectivity index (χ1n) is 5.29. The number of hydrogen-bond acceptors (Lipinski definition) is 4. The minimum absolute atomic E-state index is 0.0295. The number of nitrogens with one attached hydrogen (secondary N) is 1. The lowest BCUT2D eigenvalue weighted by molar-refractivity contribution is -0.141. The molecule has 0 fully saturated rings. The van der Waals surface area contributed by atoms with Crippen LogP contribution in [0.5, 0.6) is 0 Å². The van der Waals surface area contributed by atoms with Gasteiger partial charge in [0.05, 0.1) is 13.5 Å². The van der Waals surface area contributed by atoms with Crippen LogP contribution in [0, 0.1) is 0 Å². The van der Waals surface area contributed by atoms with Gasteiger partial charge in [-0.1, -0.05) is 0 Å². The molecule has 18 heavy (non-hydrogen) atoms. The lowest BCUT2D eigenvalue weighted by Crippen LogP contribution is -2.14. The van der Waals surface area contributed by atoms with Crippen molar-refractivity contribution in [2.24, 2.45) is 5.73 Å². The summed E-state index contributed by atoms with van der Waals surface area (Å²) in [5, 5.41) is 2.59. The van der Waals surface area contributed by atoms with E-state index in [0.717, 1.165) is 0 Å². The van der Waals surface area contributed by atoms with Crippen molar-refractivity contribution in [1.29, 1.82) is 0 Å². The first-order valence-corrected chi connectivity index (χ1v) is 5.29. The van der Waals surface area contributed by atoms with Crippen molar-refractivity contribution >= 4 is 23.5 Å². The third-order valence-electron chi connectivity index (χ3n) is 2.24. The Hall–Kier alpha value is -2.37. The second-order valence-electron chi connectivity index (χ2n) is 3.57. The van der Waals surface area contributed by atoms with Crippen LogP contribution < -0.4 is 11.1 Å². The maximum absolute atomic E-state index is 11.4. The van der Waals surface area contributed by atoms with Crippen LogP contribution in [0.4, 0.5) is 5.69 Å². The molecule has 1 rings (SSSR count). The van der Waals surface area contributed by atoms with E-state index in [0.29, 0.717) is 11.3 Å². The average molecular weight is 250 g/mol. The third-order valence-corrected chi connectivity index (χ3v) is 2.24. The lowest BCUT2D eigenvalue weighted by Gasteiger charge is -2.05. The molecule has 3 N–H and O–H groups in total. The van der Waals surface area contributed by atoms with Crippen molar-refractivity contribution in [1.82, 2.24) is 0 Å². The smallest absolute Gasteiger partial charge is 0.306 e. The van der Waals surface area contributed by atoms with E-state index >= 15 is 0 Å². The summed E-state index contributed by atoms with van der Waals surface area (Å²) in [6.45, 7) is 0. The van der Waals surface area contributed by atoms with Crippen LogP contribution >= 0.6 is 0 Å². The molecule has 1 aromatic rings. The molecule has 0 saturated carbocycles. The van der Waals surface area contributed by atoms with E-state index in [4.69, 9.17) is 5.73 Å². The van der Waals surface area contributed by atoms with Crippen LogP contribution in [0.2, 0.25) is 0 Å². The van der Waals surface area contributed by atoms with E-state index in [9.17, 15) is 14.4 Å². The molecular weight excluding hydrogens is 236 g/mol. The van der Waals surface area contributed by atoms with Crippen LogP contribution in [0.3, 0.4) is 0 Å². The van der Waals surface area contributed by atoms with Gasteiger partial charge in [0.15, 0.2) is 0 Å². The number of anilines is 1. The molecule has 0 aliphatic carbocycles. The van der Waals surface area contributed by atoms with Gasteiger partial charge >= 0.3 is 5.97 Å². The lowest BCUT2D eigenvalue weighted by atomic mass is 10.2. The van der Waals surface area contributed by atoms with E-state index < -0.39 is 11.9 Å². The minimum Gasteiger partial charge on any atom is -0.469 e. The fourth-order valence-electron chi connectivity index (χ4n) is 1.26. The predicted octanol–water partition coefficient (Wildman–Crippen LogP) is 0.677. The van der Waals surface area contributed by atoms with E-state index in [-0.39, 0.29) is 18.7 Å². The van der Waals surface area contributed by atoms with E-state index in [1.54, 1.807) is 12.1 Å². The van der Waals surface area contributed by atoms with Crippen molar-refractivity contribution < 1.29 is 19.1 Å². The number of carbonyl (C=O) groups excluding carboxylic acids is 3. The second kappa shape index (κ2) is 6.39. The third kappa shape index (κ3) is 4.25. The Bertz CT molecular complexity index is 454. The Morgan fingerprint density at radius 1 is 1.17 bits per heavy atom. The SMILES string of the molecule is COC(=O)CCC(=O)Nc1ccc(C(N)=O)cc1. The highest BCUT2D eigenvalue weighted by atomic mass is 16.5. The molecule has 96 valence electrons. The summed E-state index contributed by atoms with van der Waals surface area (Å²) < 4.78 is 4.42. The molecule has 0 saturated heterocycles. The van der Waals surface area contributed by atoms with Gasteiger partial charge in [0, 0.05) is 17.7 Å². The minimum atomic E-state index is -0.529. The molecule has 0 atom stereocenters. The molecular formula is C12H14N2O4. The fraction of sp³-hybridized carbons (Fsp3) is 0.250. The maximum atomic E-state index is 11.4. The largest absolute Gasteiger partial charge is 0.469 e. The Kier molecular flexibility index (Phi) is 4.86. The molecule has 0 heterocycles. The van der Waals surface area contributed by atoms with Crippen LogP contribution in [-0.4, -0.2) is 24.9 Å². The van der Waals surface area contributed by atoms with Crippen molar-refractivity contribution in [3.05, 3.63) is 29.8 Å². The predicted molar refractivity (Wildman–Crippen MR) is 64.8 cm³/mol. The molecule has 0 aliphatic heterocycles. The van der Waals surface area contributed by atoms with Crippen LogP contribution in [-0.2, 0) is 14.3 Å². The summed E-state index contributed by atoms with van der Waals surface area (Å²) in [5.74, 6) is -1.26. The number of carbonyl (C=O) groups is 3. The van der Waals surface area contributed by atoms with Crippen molar-refractivity contribution in [3.8, 4) is 0 Å². The van der Waals surface area contributed by atoms with Gasteiger partial charge in [0.1, 0.15) is 0 Å². The molecule has 6 nitrogen and oxygen atoms in total. The molecule has 6 heteroatoms. The number of primary amides is 1. The number of amides is 2. The highest BCUT2D eigenvalue weighted by Crippen LogP contribution is 2.09. The van der Waals surface area contributed by atoms with Gasteiger partial charge in [0.25, 0.3) is 0 Å². The van der Waals surface area contributed by atoms with Crippen LogP contribution in [0.15, 0.2) is 24.3 Å². The van der Waals surface area contributed by atoms with E-state index in [2.05, 4.69) is 10.1 Å². The Morgan fingerprint density at radius 3 is 2.28 bits per heavy atom. The number of nitrogens with two attached hydrogens (primary N) is 1. The topological polar surface area (TPSA) is 98.5 Å². The zero-order valence-electron chi connectivity index (χ0n) is 9.93. The Morgan fingerprint density at radius 2 is 1.78 bits per heavy atom. The summed E-state index contributed by atoms with van der Waals surface area (Å²) in [4.78, 5) is 33.1. The summed E-state index contributed by atoms with van der Waals surface area (Å²) in [5.41, 5.74) is 5.98. The van der Waals surface area contributed by atoms with Gasteiger partial charge in [-0.3, -0.25) is 14.4 Å². The van der Waals surface area contributed by atoms with E-state index in [1.165, 1.54) is 19.2 Å². The van der Waals surface area contributed by atoms with Gasteiger partial charge < -0.3 is 15.8 Å². The van der Waals surface area contributed by atoms with Crippen molar-refractivity contribution in [2.45, 2.75) is 12.8 Å². The molecule has 2 amide bonds. The standard InChI is InChI=1S/C12H14N2O4/c1-18-11(16)7-6-10(15)14-9-4-2-8(3-5-9)12(13)17/h2-5H,6-7H2,1H3,(H2,13,17)(H,14,15). The number of rotatable bonds is 5. The van der Waals surface area contributed by atoms with Crippen molar-refractivity contribution in [3.63, 3.8) is 0 Å². The monoisotopic (exact) mass is 250 g/mol. The zero-order chi connectivity index (χ0) is 13.5. The fourth-order valence-corrected chi connectivity index (χ4v) is 1.26. The molecule has 0 aliphatic rings. The Balaban J connectivity index is 2.49. The highest BCUT2D eigenvalue weighted by molar-refractivity contribution is 5.95. The number of benzene rings is 1. The molecule has 0 unspecified atom stereocenters. The number of ether oxygens (including phenoxy) is 1. The van der Waals surface area contributed by atoms with Gasteiger partial charge in [-0.2, -0.15) is 0 Å². The van der Waals surface area contributed by atoms with Crippen molar-refractivity contribution in [2.75, 3.05) is 12.4 Å². The van der Waals surface area contributed by atoms with Crippen LogP contribution in [0.25, 0.3) is 0 Å². The number of hydrogen-bond donors (Lipinski definition) is 2. The highest BCUT2D eigenvalue weighted by Gasteiger charge is 2.07. The molecule has 0 spiro atoms. The first-order chi connectivity index (χ1) is 8.52. The quantitative estimate of drug-likeness (QED) is 0.750. The molecule has 1 aromatic carbocycles. The summed E-state index contributed by atoms with van der Waals surface area (Å²) in [7, 11) is 1.27. The van der Waals surface area contributed by atoms with E-state index in [1.807, 2.05) is 0 Å². The average Bonchev–Trinajstić information content (AvgIpc) is 2.36. The molecule has 0 aromatic heterocycles. The van der Waals surface area contributed by atoms with Gasteiger partial charge in [-0.05, 0) is 24.3 Å². The molecule has 0 bridgehead atoms. The van der Waals surface area contributed by atoms with Gasteiger partial charge in [0.2, 0.25) is 11.8 Å². The second-order valence-corrected chi connectivity index (χ2v) is 3.57. The summed E-state index contributed by atoms with van der Waals surface area (Å²) in [6, 6.07) is 6.16. The Labute approximate surface area is 104 Å². The number of methoxy groups -OCH3 is 1. The first kappa shape index (κ1) is 13.7. The maximum Gasteiger partial charge on any atom is 0.306 e.